The molecule has 2 N–H and O–H groups in total. The Hall–Kier alpha value is -1.18. The molecule has 0 aliphatic rings. The van der Waals surface area contributed by atoms with Gasteiger partial charge in [0.2, 0.25) is 11.8 Å². The van der Waals surface area contributed by atoms with E-state index >= 15 is 0 Å². The summed E-state index contributed by atoms with van der Waals surface area (Å²) < 4.78 is 17.5. The lowest BCUT2D eigenvalue weighted by Gasteiger charge is -2.35. The van der Waals surface area contributed by atoms with Crippen LogP contribution < -0.4 is 10.6 Å². The van der Waals surface area contributed by atoms with E-state index in [-0.39, 0.29) is 33.8 Å². The molecular formula is C31H62N2O5. The van der Waals surface area contributed by atoms with Crippen LogP contribution in [0.2, 0.25) is 0 Å². The van der Waals surface area contributed by atoms with Gasteiger partial charge in [-0.3, -0.25) is 9.59 Å². The number of ether oxygens (including phenoxy) is 3. The minimum absolute atomic E-state index is 0.0317. The Balaban J connectivity index is 3.83. The van der Waals surface area contributed by atoms with E-state index in [1.165, 1.54) is 0 Å². The van der Waals surface area contributed by atoms with E-state index in [9.17, 15) is 9.59 Å². The first-order chi connectivity index (χ1) is 17.4. The number of unbranched alkanes of at least 4 members (excludes halogenated alkanes) is 2. The SMILES string of the molecule is CC(C)(C)CCNC(=O)CCOCCCCC(C)(C)CC(C)(C)OCCCCOCCC(=O)NC(C)(C)C. The van der Waals surface area contributed by atoms with Crippen LogP contribution in [0.3, 0.4) is 0 Å². The van der Waals surface area contributed by atoms with Gasteiger partial charge >= 0.3 is 0 Å². The largest absolute Gasteiger partial charge is 0.381 e. The molecule has 0 aromatic heterocycles. The third-order valence-electron chi connectivity index (χ3n) is 6.13. The van der Waals surface area contributed by atoms with E-state index in [0.717, 1.165) is 51.5 Å². The summed E-state index contributed by atoms with van der Waals surface area (Å²) in [5.41, 5.74) is 0.0536. The van der Waals surface area contributed by atoms with Crippen LogP contribution in [0.1, 0.15) is 127 Å². The van der Waals surface area contributed by atoms with Crippen molar-refractivity contribution in [1.82, 2.24) is 10.6 Å². The number of amides is 2. The van der Waals surface area contributed by atoms with Crippen LogP contribution in [0, 0.1) is 10.8 Å². The molecule has 0 radical (unpaired) electrons. The number of nitrogens with one attached hydrogen (secondary N) is 2. The molecule has 7 heteroatoms. The van der Waals surface area contributed by atoms with Crippen LogP contribution in [0.5, 0.6) is 0 Å². The first kappa shape index (κ1) is 36.8. The van der Waals surface area contributed by atoms with Gasteiger partial charge in [0, 0.05) is 44.7 Å². The highest BCUT2D eigenvalue weighted by Crippen LogP contribution is 2.34. The molecule has 0 heterocycles. The van der Waals surface area contributed by atoms with Gasteiger partial charge in [-0.15, -0.1) is 0 Å². The van der Waals surface area contributed by atoms with Crippen molar-refractivity contribution in [2.24, 2.45) is 10.8 Å². The highest BCUT2D eigenvalue weighted by Gasteiger charge is 2.29. The summed E-state index contributed by atoms with van der Waals surface area (Å²) in [6.45, 7) is 25.2. The van der Waals surface area contributed by atoms with Crippen molar-refractivity contribution in [3.8, 4) is 0 Å². The van der Waals surface area contributed by atoms with Gasteiger partial charge in [0.1, 0.15) is 0 Å². The average Bonchev–Trinajstić information content (AvgIpc) is 2.71. The molecule has 0 atom stereocenters. The summed E-state index contributed by atoms with van der Waals surface area (Å²) in [6, 6.07) is 0. The van der Waals surface area contributed by atoms with Gasteiger partial charge in [0.05, 0.1) is 18.8 Å². The molecule has 0 bridgehead atoms. The minimum atomic E-state index is -0.198. The highest BCUT2D eigenvalue weighted by atomic mass is 16.5. The molecule has 226 valence electrons. The van der Waals surface area contributed by atoms with Gasteiger partial charge in [-0.2, -0.15) is 0 Å². The summed E-state index contributed by atoms with van der Waals surface area (Å²) in [5, 5.41) is 5.92. The van der Waals surface area contributed by atoms with Gasteiger partial charge in [-0.05, 0) is 84.0 Å². The van der Waals surface area contributed by atoms with Gasteiger partial charge in [0.15, 0.2) is 0 Å². The maximum atomic E-state index is 11.9. The third kappa shape index (κ3) is 25.1. The standard InChI is InChI=1S/C31H62N2O5/c1-28(2,3)18-19-32-26(34)15-23-36-20-12-11-17-30(7,8)25-31(9,10)38-22-14-13-21-37-24-16-27(35)33-29(4,5)6/h11-25H2,1-10H3,(H,32,34)(H,33,35). The van der Waals surface area contributed by atoms with E-state index < -0.39 is 0 Å². The number of carbonyl (C=O) groups is 2. The Morgan fingerprint density at radius 2 is 1.16 bits per heavy atom. The smallest absolute Gasteiger partial charge is 0.222 e. The van der Waals surface area contributed by atoms with Crippen LogP contribution in [0.25, 0.3) is 0 Å². The molecule has 0 aliphatic heterocycles. The highest BCUT2D eigenvalue weighted by molar-refractivity contribution is 5.76. The molecule has 38 heavy (non-hydrogen) atoms. The van der Waals surface area contributed by atoms with Gasteiger partial charge in [-0.25, -0.2) is 0 Å². The molecule has 7 nitrogen and oxygen atoms in total. The van der Waals surface area contributed by atoms with Crippen LogP contribution in [0.4, 0.5) is 0 Å². The van der Waals surface area contributed by atoms with Crippen LogP contribution >= 0.6 is 0 Å². The van der Waals surface area contributed by atoms with E-state index in [2.05, 4.69) is 59.1 Å². The van der Waals surface area contributed by atoms with Crippen molar-refractivity contribution in [3.05, 3.63) is 0 Å². The predicted octanol–water partition coefficient (Wildman–Crippen LogP) is 6.43. The van der Waals surface area contributed by atoms with Crippen LogP contribution in [-0.4, -0.2) is 62.5 Å². The van der Waals surface area contributed by atoms with Crippen LogP contribution in [-0.2, 0) is 23.8 Å². The second-order valence-electron chi connectivity index (χ2n) is 14.3. The summed E-state index contributed by atoms with van der Waals surface area (Å²) >= 11 is 0. The molecule has 0 aromatic rings. The van der Waals surface area contributed by atoms with Crippen molar-refractivity contribution in [2.75, 3.05) is 39.6 Å². The Morgan fingerprint density at radius 1 is 0.632 bits per heavy atom. The van der Waals surface area contributed by atoms with Crippen molar-refractivity contribution in [1.29, 1.82) is 0 Å². The second-order valence-corrected chi connectivity index (χ2v) is 14.3. The zero-order valence-corrected chi connectivity index (χ0v) is 26.6. The molecule has 0 aliphatic carbocycles. The number of hydrogen-bond donors (Lipinski definition) is 2. The number of carbonyl (C=O) groups excluding carboxylic acids is 2. The molecular weight excluding hydrogens is 480 g/mol. The normalized spacial score (nSPS) is 13.0. The second kappa shape index (κ2) is 18.2. The fourth-order valence-electron chi connectivity index (χ4n) is 4.43. The Labute approximate surface area is 234 Å². The summed E-state index contributed by atoms with van der Waals surface area (Å²) in [4.78, 5) is 23.7. The Bertz CT molecular complexity index is 648. The molecule has 0 fully saturated rings. The maximum absolute atomic E-state index is 11.9. The lowest BCUT2D eigenvalue weighted by Crippen LogP contribution is -2.40. The van der Waals surface area contributed by atoms with E-state index in [1.807, 2.05) is 20.8 Å². The lowest BCUT2D eigenvalue weighted by atomic mass is 9.78. The van der Waals surface area contributed by atoms with E-state index in [0.29, 0.717) is 45.9 Å². The number of rotatable bonds is 21. The minimum Gasteiger partial charge on any atom is -0.381 e. The zero-order valence-electron chi connectivity index (χ0n) is 26.6. The topological polar surface area (TPSA) is 85.9 Å². The predicted molar refractivity (Wildman–Crippen MR) is 157 cm³/mol. The molecule has 0 saturated carbocycles. The van der Waals surface area contributed by atoms with Gasteiger partial charge < -0.3 is 24.8 Å². The fourth-order valence-corrected chi connectivity index (χ4v) is 4.43. The van der Waals surface area contributed by atoms with Crippen molar-refractivity contribution < 1.29 is 23.8 Å². The Morgan fingerprint density at radius 3 is 1.71 bits per heavy atom. The summed E-state index contributed by atoms with van der Waals surface area (Å²) in [5.74, 6) is 0.107. The van der Waals surface area contributed by atoms with E-state index in [1.54, 1.807) is 0 Å². The van der Waals surface area contributed by atoms with Crippen LogP contribution in [0.15, 0.2) is 0 Å². The lowest BCUT2D eigenvalue weighted by molar-refractivity contribution is -0.124. The van der Waals surface area contributed by atoms with Gasteiger partial charge in [-0.1, -0.05) is 41.0 Å². The molecule has 0 rings (SSSR count). The monoisotopic (exact) mass is 542 g/mol. The van der Waals surface area contributed by atoms with Crippen molar-refractivity contribution in [3.63, 3.8) is 0 Å². The first-order valence-electron chi connectivity index (χ1n) is 14.8. The van der Waals surface area contributed by atoms with Crippen molar-refractivity contribution >= 4 is 11.8 Å². The third-order valence-corrected chi connectivity index (χ3v) is 6.13. The number of hydrogen-bond acceptors (Lipinski definition) is 5. The molecule has 0 aromatic carbocycles. The summed E-state index contributed by atoms with van der Waals surface area (Å²) in [7, 11) is 0. The van der Waals surface area contributed by atoms with Gasteiger partial charge in [0.25, 0.3) is 0 Å². The van der Waals surface area contributed by atoms with Crippen molar-refractivity contribution in [2.45, 2.75) is 138 Å². The molecule has 2 amide bonds. The van der Waals surface area contributed by atoms with E-state index in [4.69, 9.17) is 14.2 Å². The molecule has 0 saturated heterocycles. The average molecular weight is 543 g/mol. The first-order valence-corrected chi connectivity index (χ1v) is 14.8. The fraction of sp³-hybridized carbons (Fsp3) is 0.935. The zero-order chi connectivity index (χ0) is 29.3. The summed E-state index contributed by atoms with van der Waals surface area (Å²) in [6.07, 6.45) is 7.91. The maximum Gasteiger partial charge on any atom is 0.222 e. The Kier molecular flexibility index (Phi) is 17.7. The molecule has 0 unspecified atom stereocenters. The molecule has 0 spiro atoms. The quantitative estimate of drug-likeness (QED) is 0.163.